The highest BCUT2D eigenvalue weighted by Crippen LogP contribution is 2.25. The van der Waals surface area contributed by atoms with Crippen molar-refractivity contribution in [3.05, 3.63) is 104 Å². The second kappa shape index (κ2) is 16.2. The van der Waals surface area contributed by atoms with Crippen molar-refractivity contribution in [2.45, 2.75) is 0 Å². The molecule has 0 saturated carbocycles. The Morgan fingerprint density at radius 2 is 0.975 bits per heavy atom. The smallest absolute Gasteiger partial charge is 0.343 e. The zero-order chi connectivity index (χ0) is 28.6. The molecule has 0 N–H and O–H groups in total. The van der Waals surface area contributed by atoms with Crippen molar-refractivity contribution in [1.29, 1.82) is 0 Å². The minimum absolute atomic E-state index is 0.138. The molecular formula is C31H30O9. The van der Waals surface area contributed by atoms with Crippen LogP contribution in [0.25, 0.3) is 11.1 Å². The van der Waals surface area contributed by atoms with Crippen LogP contribution in [0.3, 0.4) is 0 Å². The van der Waals surface area contributed by atoms with E-state index in [-0.39, 0.29) is 26.4 Å². The van der Waals surface area contributed by atoms with Crippen LogP contribution in [0.4, 0.5) is 0 Å². The topological polar surface area (TPSA) is 107 Å². The molecule has 0 radical (unpaired) electrons. The molecule has 9 nitrogen and oxygen atoms in total. The summed E-state index contributed by atoms with van der Waals surface area (Å²) in [6.07, 6.45) is 2.20. The SMILES string of the molecule is C=CC(=O)OCCOCCOc1ccc(C(=O)Oc2ccc(-c3ccc(OCCOC(=O)C=C)cc3)cc2)cc1. The summed E-state index contributed by atoms with van der Waals surface area (Å²) in [7, 11) is 0. The molecule has 9 heteroatoms. The fourth-order valence-electron chi connectivity index (χ4n) is 3.25. The maximum atomic E-state index is 12.5. The summed E-state index contributed by atoms with van der Waals surface area (Å²) in [4.78, 5) is 34.5. The predicted octanol–water partition coefficient (Wildman–Crippen LogP) is 4.81. The molecule has 0 bridgehead atoms. The Morgan fingerprint density at radius 1 is 0.550 bits per heavy atom. The van der Waals surface area contributed by atoms with Gasteiger partial charge in [-0.3, -0.25) is 0 Å². The van der Waals surface area contributed by atoms with Gasteiger partial charge in [-0.15, -0.1) is 0 Å². The third-order valence-corrected chi connectivity index (χ3v) is 5.24. The Balaban J connectivity index is 1.40. The van der Waals surface area contributed by atoms with Crippen molar-refractivity contribution in [3.8, 4) is 28.4 Å². The summed E-state index contributed by atoms with van der Waals surface area (Å²) >= 11 is 0. The summed E-state index contributed by atoms with van der Waals surface area (Å²) in [6.45, 7) is 8.04. The molecule has 3 aromatic rings. The summed E-state index contributed by atoms with van der Waals surface area (Å²) in [6, 6.07) is 21.2. The Labute approximate surface area is 232 Å². The van der Waals surface area contributed by atoms with E-state index in [1.54, 1.807) is 36.4 Å². The number of hydrogen-bond acceptors (Lipinski definition) is 9. The first-order valence-corrected chi connectivity index (χ1v) is 12.4. The van der Waals surface area contributed by atoms with Gasteiger partial charge in [-0.1, -0.05) is 37.4 Å². The lowest BCUT2D eigenvalue weighted by Gasteiger charge is -2.09. The van der Waals surface area contributed by atoms with Gasteiger partial charge in [0, 0.05) is 12.2 Å². The van der Waals surface area contributed by atoms with Crippen molar-refractivity contribution in [3.63, 3.8) is 0 Å². The van der Waals surface area contributed by atoms with Crippen molar-refractivity contribution >= 4 is 17.9 Å². The first-order chi connectivity index (χ1) is 19.5. The van der Waals surface area contributed by atoms with Gasteiger partial charge in [0.1, 0.15) is 43.7 Å². The van der Waals surface area contributed by atoms with Gasteiger partial charge >= 0.3 is 17.9 Å². The molecular weight excluding hydrogens is 516 g/mol. The average molecular weight is 547 g/mol. The molecule has 0 spiro atoms. The van der Waals surface area contributed by atoms with Crippen molar-refractivity contribution in [2.24, 2.45) is 0 Å². The zero-order valence-electron chi connectivity index (χ0n) is 21.9. The minimum Gasteiger partial charge on any atom is -0.491 e. The molecule has 0 saturated heterocycles. The van der Waals surface area contributed by atoms with Crippen molar-refractivity contribution in [2.75, 3.05) is 39.6 Å². The van der Waals surface area contributed by atoms with Crippen LogP contribution in [-0.2, 0) is 23.8 Å². The van der Waals surface area contributed by atoms with Gasteiger partial charge in [0.2, 0.25) is 0 Å². The van der Waals surface area contributed by atoms with Gasteiger partial charge in [-0.05, 0) is 59.7 Å². The Hall–Kier alpha value is -4.89. The van der Waals surface area contributed by atoms with Crippen LogP contribution in [0.5, 0.6) is 17.2 Å². The average Bonchev–Trinajstić information content (AvgIpc) is 2.99. The standard InChI is InChI=1S/C31H30O9/c1-3-29(32)38-20-18-35-17-19-36-27-13-9-25(10-14-27)31(34)40-28-15-7-24(8-16-28)23-5-11-26(12-6-23)37-21-22-39-30(33)4-2/h3-16H,1-2,17-22H2. The van der Waals surface area contributed by atoms with Gasteiger partial charge in [0.25, 0.3) is 0 Å². The number of esters is 3. The third kappa shape index (κ3) is 10.1. The van der Waals surface area contributed by atoms with E-state index in [4.69, 9.17) is 28.4 Å². The molecule has 208 valence electrons. The highest BCUT2D eigenvalue weighted by atomic mass is 16.6. The molecule has 3 rings (SSSR count). The molecule has 0 unspecified atom stereocenters. The van der Waals surface area contributed by atoms with Crippen LogP contribution in [0.1, 0.15) is 10.4 Å². The second-order valence-corrected chi connectivity index (χ2v) is 8.02. The number of ether oxygens (including phenoxy) is 6. The van der Waals surface area contributed by atoms with E-state index in [0.29, 0.717) is 36.0 Å². The van der Waals surface area contributed by atoms with E-state index in [0.717, 1.165) is 23.3 Å². The number of carbonyl (C=O) groups excluding carboxylic acids is 3. The summed E-state index contributed by atoms with van der Waals surface area (Å²) in [5.41, 5.74) is 2.28. The number of benzene rings is 3. The first kappa shape index (κ1) is 29.7. The van der Waals surface area contributed by atoms with Gasteiger partial charge in [0.15, 0.2) is 0 Å². The summed E-state index contributed by atoms with van der Waals surface area (Å²) < 4.78 is 31.6. The van der Waals surface area contributed by atoms with Crippen molar-refractivity contribution < 1.29 is 42.8 Å². The van der Waals surface area contributed by atoms with E-state index in [1.807, 2.05) is 36.4 Å². The summed E-state index contributed by atoms with van der Waals surface area (Å²) in [5, 5.41) is 0. The number of hydrogen-bond donors (Lipinski definition) is 0. The predicted molar refractivity (Wildman–Crippen MR) is 147 cm³/mol. The van der Waals surface area contributed by atoms with Crippen LogP contribution in [-0.4, -0.2) is 57.5 Å². The Morgan fingerprint density at radius 3 is 1.50 bits per heavy atom. The minimum atomic E-state index is -0.493. The van der Waals surface area contributed by atoms with Crippen LogP contribution < -0.4 is 14.2 Å². The molecule has 0 amide bonds. The van der Waals surface area contributed by atoms with Gasteiger partial charge < -0.3 is 28.4 Å². The van der Waals surface area contributed by atoms with Gasteiger partial charge in [0.05, 0.1) is 18.8 Å². The first-order valence-electron chi connectivity index (χ1n) is 12.4. The van der Waals surface area contributed by atoms with E-state index in [9.17, 15) is 14.4 Å². The lowest BCUT2D eigenvalue weighted by atomic mass is 10.1. The molecule has 0 aliphatic rings. The third-order valence-electron chi connectivity index (χ3n) is 5.24. The van der Waals surface area contributed by atoms with Crippen LogP contribution in [0, 0.1) is 0 Å². The van der Waals surface area contributed by atoms with E-state index >= 15 is 0 Å². The maximum absolute atomic E-state index is 12.5. The normalized spacial score (nSPS) is 10.2. The Bertz CT molecular complexity index is 1260. The highest BCUT2D eigenvalue weighted by molar-refractivity contribution is 5.91. The quantitative estimate of drug-likeness (QED) is 0.108. The fourth-order valence-corrected chi connectivity index (χ4v) is 3.25. The monoisotopic (exact) mass is 546 g/mol. The highest BCUT2D eigenvalue weighted by Gasteiger charge is 2.10. The second-order valence-electron chi connectivity index (χ2n) is 8.02. The van der Waals surface area contributed by atoms with E-state index in [2.05, 4.69) is 13.2 Å². The van der Waals surface area contributed by atoms with Crippen LogP contribution in [0.15, 0.2) is 98.1 Å². The summed E-state index contributed by atoms with van der Waals surface area (Å²) in [5.74, 6) is 0.175. The van der Waals surface area contributed by atoms with Crippen molar-refractivity contribution in [1.82, 2.24) is 0 Å². The van der Waals surface area contributed by atoms with E-state index < -0.39 is 17.9 Å². The molecule has 0 atom stereocenters. The number of rotatable bonds is 16. The molecule has 0 aliphatic heterocycles. The molecule has 0 aliphatic carbocycles. The molecule has 0 fully saturated rings. The Kier molecular flexibility index (Phi) is 12.0. The fraction of sp³-hybridized carbons (Fsp3) is 0.194. The van der Waals surface area contributed by atoms with E-state index in [1.165, 1.54) is 0 Å². The van der Waals surface area contributed by atoms with Crippen LogP contribution >= 0.6 is 0 Å². The largest absolute Gasteiger partial charge is 0.491 e. The molecule has 40 heavy (non-hydrogen) atoms. The lowest BCUT2D eigenvalue weighted by molar-refractivity contribution is -0.139. The molecule has 0 aromatic heterocycles. The van der Waals surface area contributed by atoms with Gasteiger partial charge in [-0.25, -0.2) is 14.4 Å². The molecule has 3 aromatic carbocycles. The zero-order valence-corrected chi connectivity index (χ0v) is 21.9. The number of carbonyl (C=O) groups is 3. The molecule has 0 heterocycles. The lowest BCUT2D eigenvalue weighted by Crippen LogP contribution is -2.12. The maximum Gasteiger partial charge on any atom is 0.343 e. The van der Waals surface area contributed by atoms with Gasteiger partial charge in [-0.2, -0.15) is 0 Å². The van der Waals surface area contributed by atoms with Crippen LogP contribution in [0.2, 0.25) is 0 Å².